The summed E-state index contributed by atoms with van der Waals surface area (Å²) >= 11 is 6.02. The number of Topliss-reactive ketones (excluding diaryl/α,β-unsaturated/α-hetero) is 1. The van der Waals surface area contributed by atoms with Crippen LogP contribution in [0, 0.1) is 6.92 Å². The molecule has 2 aromatic rings. The van der Waals surface area contributed by atoms with E-state index in [2.05, 4.69) is 15.4 Å². The molecular formula is C14H13ClN4O3. The van der Waals surface area contributed by atoms with Crippen LogP contribution in [-0.4, -0.2) is 31.4 Å². The summed E-state index contributed by atoms with van der Waals surface area (Å²) in [6.07, 6.45) is 0. The number of hydrogen-bond donors (Lipinski definition) is 3. The fourth-order valence-corrected chi connectivity index (χ4v) is 2.59. The highest BCUT2D eigenvalue weighted by molar-refractivity contribution is 6.34. The van der Waals surface area contributed by atoms with Crippen molar-refractivity contribution in [2.75, 3.05) is 5.43 Å². The van der Waals surface area contributed by atoms with Crippen molar-refractivity contribution < 1.29 is 9.90 Å². The first-order valence-corrected chi connectivity index (χ1v) is 6.99. The zero-order valence-electron chi connectivity index (χ0n) is 11.6. The van der Waals surface area contributed by atoms with Crippen LogP contribution in [0.4, 0.5) is 5.95 Å². The Morgan fingerprint density at radius 2 is 2.00 bits per heavy atom. The van der Waals surface area contributed by atoms with Crippen LogP contribution in [-0.2, 0) is 4.79 Å². The lowest BCUT2D eigenvalue weighted by molar-refractivity contribution is -0.137. The van der Waals surface area contributed by atoms with Crippen molar-refractivity contribution in [3.8, 4) is 5.75 Å². The van der Waals surface area contributed by atoms with Crippen molar-refractivity contribution in [3.05, 3.63) is 51.9 Å². The van der Waals surface area contributed by atoms with Gasteiger partial charge in [0, 0.05) is 11.8 Å². The SMILES string of the molecule is Cc1cc(=O)[nH]c(NN2[C@@H](Cl)C(=O)[C@H]2c2ccc(O)cc2)n1. The van der Waals surface area contributed by atoms with Gasteiger partial charge in [0.05, 0.1) is 0 Å². The van der Waals surface area contributed by atoms with Gasteiger partial charge in [-0.3, -0.25) is 20.0 Å². The molecule has 1 aromatic heterocycles. The second kappa shape index (κ2) is 5.43. The fraction of sp³-hybridized carbons (Fsp3) is 0.214. The summed E-state index contributed by atoms with van der Waals surface area (Å²) in [7, 11) is 0. The van der Waals surface area contributed by atoms with E-state index >= 15 is 0 Å². The highest BCUT2D eigenvalue weighted by atomic mass is 35.5. The predicted molar refractivity (Wildman–Crippen MR) is 80.6 cm³/mol. The van der Waals surface area contributed by atoms with Crippen LogP contribution >= 0.6 is 11.6 Å². The first-order chi connectivity index (χ1) is 10.5. The monoisotopic (exact) mass is 320 g/mol. The Morgan fingerprint density at radius 3 is 2.64 bits per heavy atom. The van der Waals surface area contributed by atoms with Crippen molar-refractivity contribution >= 4 is 23.3 Å². The molecule has 3 rings (SSSR count). The average molecular weight is 321 g/mol. The second-order valence-corrected chi connectivity index (χ2v) is 5.40. The van der Waals surface area contributed by atoms with Gasteiger partial charge in [-0.15, -0.1) is 0 Å². The van der Waals surface area contributed by atoms with Crippen LogP contribution < -0.4 is 11.0 Å². The minimum absolute atomic E-state index is 0.113. The maximum atomic E-state index is 12.0. The number of aryl methyl sites for hydroxylation is 1. The van der Waals surface area contributed by atoms with Gasteiger partial charge in [-0.2, -0.15) is 5.01 Å². The number of rotatable bonds is 3. The summed E-state index contributed by atoms with van der Waals surface area (Å²) in [6.45, 7) is 1.69. The van der Waals surface area contributed by atoms with E-state index in [0.29, 0.717) is 11.3 Å². The molecule has 0 saturated carbocycles. The van der Waals surface area contributed by atoms with Crippen LogP contribution in [0.25, 0.3) is 0 Å². The molecule has 3 N–H and O–H groups in total. The van der Waals surface area contributed by atoms with Gasteiger partial charge in [0.2, 0.25) is 5.95 Å². The van der Waals surface area contributed by atoms with Crippen LogP contribution in [0.5, 0.6) is 5.75 Å². The second-order valence-electron chi connectivity index (χ2n) is 4.99. The van der Waals surface area contributed by atoms with Gasteiger partial charge in [0.1, 0.15) is 11.8 Å². The molecule has 114 valence electrons. The summed E-state index contributed by atoms with van der Waals surface area (Å²) in [5.74, 6) is 0.156. The molecule has 7 nitrogen and oxygen atoms in total. The molecule has 1 fully saturated rings. The highest BCUT2D eigenvalue weighted by Gasteiger charge is 2.48. The Morgan fingerprint density at radius 1 is 1.32 bits per heavy atom. The molecule has 2 atom stereocenters. The minimum Gasteiger partial charge on any atom is -0.508 e. The van der Waals surface area contributed by atoms with E-state index in [-0.39, 0.29) is 23.0 Å². The number of hydrogen-bond acceptors (Lipinski definition) is 6. The lowest BCUT2D eigenvalue weighted by atomic mass is 9.95. The molecule has 0 bridgehead atoms. The molecule has 0 amide bonds. The number of nitrogens with one attached hydrogen (secondary N) is 2. The highest BCUT2D eigenvalue weighted by Crippen LogP contribution is 2.37. The molecular weight excluding hydrogens is 308 g/mol. The number of aromatic amines is 1. The average Bonchev–Trinajstić information content (AvgIpc) is 2.47. The Kier molecular flexibility index (Phi) is 3.59. The van der Waals surface area contributed by atoms with Crippen LogP contribution in [0.3, 0.4) is 0 Å². The van der Waals surface area contributed by atoms with Crippen molar-refractivity contribution in [2.45, 2.75) is 18.5 Å². The van der Waals surface area contributed by atoms with Crippen LogP contribution in [0.2, 0.25) is 0 Å². The van der Waals surface area contributed by atoms with E-state index in [1.165, 1.54) is 23.2 Å². The molecule has 1 aliphatic heterocycles. The molecule has 0 unspecified atom stereocenters. The fourth-order valence-electron chi connectivity index (χ4n) is 2.31. The summed E-state index contributed by atoms with van der Waals surface area (Å²) in [5, 5.41) is 10.8. The molecule has 1 aliphatic rings. The number of benzene rings is 1. The molecule has 8 heteroatoms. The normalized spacial score (nSPS) is 21.5. The Bertz CT molecular complexity index is 774. The number of aromatic hydroxyl groups is 1. The number of carbonyl (C=O) groups is 1. The number of hydrazine groups is 1. The number of aromatic nitrogens is 2. The molecule has 0 spiro atoms. The van der Waals surface area contributed by atoms with E-state index in [9.17, 15) is 14.7 Å². The predicted octanol–water partition coefficient (Wildman–Crippen LogP) is 1.30. The zero-order valence-corrected chi connectivity index (χ0v) is 12.3. The number of nitrogens with zero attached hydrogens (tertiary/aromatic N) is 2. The summed E-state index contributed by atoms with van der Waals surface area (Å²) in [5.41, 5.74) is 2.93. The van der Waals surface area contributed by atoms with Gasteiger partial charge in [0.15, 0.2) is 11.3 Å². The van der Waals surface area contributed by atoms with E-state index in [4.69, 9.17) is 11.6 Å². The maximum Gasteiger partial charge on any atom is 0.252 e. The van der Waals surface area contributed by atoms with Crippen molar-refractivity contribution in [1.29, 1.82) is 0 Å². The molecule has 2 heterocycles. The topological polar surface area (TPSA) is 98.3 Å². The number of alkyl halides is 1. The van der Waals surface area contributed by atoms with Crippen LogP contribution in [0.15, 0.2) is 35.1 Å². The molecule has 22 heavy (non-hydrogen) atoms. The maximum absolute atomic E-state index is 12.0. The van der Waals surface area contributed by atoms with E-state index in [0.717, 1.165) is 0 Å². The van der Waals surface area contributed by atoms with Crippen LogP contribution in [0.1, 0.15) is 17.3 Å². The summed E-state index contributed by atoms with van der Waals surface area (Å²) in [6, 6.07) is 7.03. The first kappa shape index (κ1) is 14.6. The van der Waals surface area contributed by atoms with E-state index < -0.39 is 11.5 Å². The molecule has 0 radical (unpaired) electrons. The third-order valence-corrected chi connectivity index (χ3v) is 3.77. The standard InChI is InChI=1S/C14H13ClN4O3/c1-7-6-10(21)17-14(16-7)18-19-11(12(22)13(19)15)8-2-4-9(20)5-3-8/h2-6,11,13,20H,1H3,(H2,16,17,18,21)/t11-,13-/m1/s1. The summed E-state index contributed by atoms with van der Waals surface area (Å²) in [4.78, 5) is 30.1. The number of halogens is 1. The molecule has 1 aromatic carbocycles. The number of anilines is 1. The number of phenolic OH excluding ortho intramolecular Hbond substituents is 1. The van der Waals surface area contributed by atoms with Crippen molar-refractivity contribution in [3.63, 3.8) is 0 Å². The third-order valence-electron chi connectivity index (χ3n) is 3.34. The smallest absolute Gasteiger partial charge is 0.252 e. The summed E-state index contributed by atoms with van der Waals surface area (Å²) < 4.78 is 0. The number of ketones is 1. The lowest BCUT2D eigenvalue weighted by Crippen LogP contribution is -2.59. The molecule has 0 aliphatic carbocycles. The Labute approximate surface area is 130 Å². The van der Waals surface area contributed by atoms with E-state index in [1.807, 2.05) is 0 Å². The number of carbonyl (C=O) groups excluding carboxylic acids is 1. The quantitative estimate of drug-likeness (QED) is 0.582. The first-order valence-electron chi connectivity index (χ1n) is 6.55. The molecule has 1 saturated heterocycles. The van der Waals surface area contributed by atoms with Gasteiger partial charge in [-0.1, -0.05) is 23.7 Å². The van der Waals surface area contributed by atoms with Gasteiger partial charge in [0.25, 0.3) is 5.56 Å². The largest absolute Gasteiger partial charge is 0.508 e. The third kappa shape index (κ3) is 2.56. The van der Waals surface area contributed by atoms with Crippen molar-refractivity contribution in [1.82, 2.24) is 15.0 Å². The Balaban J connectivity index is 1.86. The number of H-pyrrole nitrogens is 1. The lowest BCUT2D eigenvalue weighted by Gasteiger charge is -2.43. The van der Waals surface area contributed by atoms with Gasteiger partial charge in [-0.05, 0) is 24.6 Å². The zero-order chi connectivity index (χ0) is 15.9. The van der Waals surface area contributed by atoms with Gasteiger partial charge < -0.3 is 5.11 Å². The van der Waals surface area contributed by atoms with Gasteiger partial charge >= 0.3 is 0 Å². The number of phenols is 1. The van der Waals surface area contributed by atoms with Crippen molar-refractivity contribution in [2.24, 2.45) is 0 Å². The van der Waals surface area contributed by atoms with E-state index in [1.54, 1.807) is 19.1 Å². The minimum atomic E-state index is -0.857. The van der Waals surface area contributed by atoms with Gasteiger partial charge in [-0.25, -0.2) is 4.98 Å². The Hall–Kier alpha value is -2.38.